The van der Waals surface area contributed by atoms with E-state index in [1.54, 1.807) is 6.92 Å². The van der Waals surface area contributed by atoms with Crippen molar-refractivity contribution < 1.29 is 14.4 Å². The van der Waals surface area contributed by atoms with Crippen LogP contribution in [0.3, 0.4) is 0 Å². The van der Waals surface area contributed by atoms with Gasteiger partial charge in [-0.25, -0.2) is 0 Å². The van der Waals surface area contributed by atoms with E-state index in [0.29, 0.717) is 38.3 Å². The highest BCUT2D eigenvalue weighted by atomic mass is 16.2. The van der Waals surface area contributed by atoms with E-state index >= 15 is 0 Å². The molecule has 1 aromatic rings. The van der Waals surface area contributed by atoms with E-state index in [4.69, 9.17) is 0 Å². The van der Waals surface area contributed by atoms with Gasteiger partial charge in [0.25, 0.3) is 5.91 Å². The van der Waals surface area contributed by atoms with Crippen LogP contribution in [0.25, 0.3) is 0 Å². The van der Waals surface area contributed by atoms with E-state index in [1.807, 2.05) is 47.1 Å². The fourth-order valence-corrected chi connectivity index (χ4v) is 2.83. The minimum absolute atomic E-state index is 0.0240. The maximum atomic E-state index is 12.4. The third kappa shape index (κ3) is 5.84. The van der Waals surface area contributed by atoms with Crippen LogP contribution in [0.5, 0.6) is 0 Å². The van der Waals surface area contributed by atoms with Crippen molar-refractivity contribution in [3.63, 3.8) is 0 Å². The Bertz CT molecular complexity index is 612. The van der Waals surface area contributed by atoms with Crippen LogP contribution in [0.2, 0.25) is 0 Å². The summed E-state index contributed by atoms with van der Waals surface area (Å²) < 4.78 is 0. The lowest BCUT2D eigenvalue weighted by atomic mass is 10.2. The molecule has 2 N–H and O–H groups in total. The molecule has 0 saturated carbocycles. The van der Waals surface area contributed by atoms with Gasteiger partial charge < -0.3 is 15.5 Å². The van der Waals surface area contributed by atoms with Crippen LogP contribution in [0.4, 0.5) is 0 Å². The summed E-state index contributed by atoms with van der Waals surface area (Å²) >= 11 is 0. The summed E-state index contributed by atoms with van der Waals surface area (Å²) in [6.07, 6.45) is 0.860. The minimum Gasteiger partial charge on any atom is -0.354 e. The zero-order chi connectivity index (χ0) is 18.9. The molecule has 1 saturated heterocycles. The van der Waals surface area contributed by atoms with Crippen LogP contribution >= 0.6 is 0 Å². The molecule has 1 aliphatic heterocycles. The number of benzene rings is 1. The molecule has 3 amide bonds. The lowest BCUT2D eigenvalue weighted by molar-refractivity contribution is -0.129. The van der Waals surface area contributed by atoms with Crippen molar-refractivity contribution in [3.8, 4) is 0 Å². The molecule has 0 aromatic heterocycles. The first kappa shape index (κ1) is 19.9. The van der Waals surface area contributed by atoms with Gasteiger partial charge >= 0.3 is 0 Å². The third-order valence-electron chi connectivity index (χ3n) is 4.37. The summed E-state index contributed by atoms with van der Waals surface area (Å²) in [5, 5.41) is 5.49. The van der Waals surface area contributed by atoms with Crippen LogP contribution in [0, 0.1) is 0 Å². The average molecular weight is 360 g/mol. The van der Waals surface area contributed by atoms with Gasteiger partial charge in [-0.1, -0.05) is 25.1 Å². The van der Waals surface area contributed by atoms with E-state index in [-0.39, 0.29) is 24.3 Å². The molecule has 2 rings (SSSR count). The molecule has 0 bridgehead atoms. The van der Waals surface area contributed by atoms with E-state index < -0.39 is 6.04 Å². The van der Waals surface area contributed by atoms with Gasteiger partial charge in [-0.15, -0.1) is 0 Å². The number of hydrogen-bond acceptors (Lipinski definition) is 4. The molecule has 0 unspecified atom stereocenters. The number of amides is 3. The molecule has 1 heterocycles. The maximum Gasteiger partial charge on any atom is 0.253 e. The van der Waals surface area contributed by atoms with Gasteiger partial charge in [-0.2, -0.15) is 0 Å². The fraction of sp³-hybridized carbons (Fsp3) is 0.526. The van der Waals surface area contributed by atoms with Crippen LogP contribution in [-0.2, 0) is 9.59 Å². The first-order valence-electron chi connectivity index (χ1n) is 9.15. The largest absolute Gasteiger partial charge is 0.354 e. The molecule has 1 atom stereocenters. The summed E-state index contributed by atoms with van der Waals surface area (Å²) in [4.78, 5) is 40.2. The van der Waals surface area contributed by atoms with Crippen molar-refractivity contribution in [1.29, 1.82) is 0 Å². The van der Waals surface area contributed by atoms with Crippen molar-refractivity contribution in [1.82, 2.24) is 20.4 Å². The molecular formula is C19H28N4O3. The second-order valence-electron chi connectivity index (χ2n) is 6.51. The number of carbonyl (C=O) groups is 3. The number of nitrogens with zero attached hydrogens (tertiary/aromatic N) is 2. The van der Waals surface area contributed by atoms with Crippen LogP contribution < -0.4 is 10.6 Å². The molecule has 26 heavy (non-hydrogen) atoms. The quantitative estimate of drug-likeness (QED) is 0.741. The number of nitrogens with one attached hydrogen (secondary N) is 2. The molecule has 142 valence electrons. The Labute approximate surface area is 154 Å². The highest BCUT2D eigenvalue weighted by Crippen LogP contribution is 2.08. The fourth-order valence-electron chi connectivity index (χ4n) is 2.83. The Hall–Kier alpha value is -2.41. The Morgan fingerprint density at radius 1 is 1.08 bits per heavy atom. The van der Waals surface area contributed by atoms with Gasteiger partial charge in [0.2, 0.25) is 11.8 Å². The maximum absolute atomic E-state index is 12.4. The lowest BCUT2D eigenvalue weighted by Gasteiger charge is -2.34. The summed E-state index contributed by atoms with van der Waals surface area (Å²) in [6.45, 7) is 6.96. The van der Waals surface area contributed by atoms with Crippen molar-refractivity contribution in [2.45, 2.75) is 26.3 Å². The zero-order valence-corrected chi connectivity index (χ0v) is 15.5. The van der Waals surface area contributed by atoms with Gasteiger partial charge in [0.05, 0.1) is 6.54 Å². The van der Waals surface area contributed by atoms with Crippen molar-refractivity contribution in [2.75, 3.05) is 39.3 Å². The molecule has 0 spiro atoms. The van der Waals surface area contributed by atoms with Gasteiger partial charge in [0.15, 0.2) is 0 Å². The van der Waals surface area contributed by atoms with Crippen LogP contribution in [0.15, 0.2) is 30.3 Å². The van der Waals surface area contributed by atoms with Gasteiger partial charge in [0, 0.05) is 38.3 Å². The average Bonchev–Trinajstić information content (AvgIpc) is 2.66. The zero-order valence-electron chi connectivity index (χ0n) is 15.5. The summed E-state index contributed by atoms with van der Waals surface area (Å²) in [5.74, 6) is -0.318. The van der Waals surface area contributed by atoms with Crippen LogP contribution in [0.1, 0.15) is 30.6 Å². The molecular weight excluding hydrogens is 332 g/mol. The molecule has 7 heteroatoms. The van der Waals surface area contributed by atoms with Crippen molar-refractivity contribution in [2.24, 2.45) is 0 Å². The molecule has 0 radical (unpaired) electrons. The second-order valence-corrected chi connectivity index (χ2v) is 6.51. The first-order chi connectivity index (χ1) is 12.5. The summed E-state index contributed by atoms with van der Waals surface area (Å²) in [6, 6.07) is 8.67. The molecule has 1 aromatic carbocycles. The van der Waals surface area contributed by atoms with Gasteiger partial charge in [-0.05, 0) is 25.5 Å². The minimum atomic E-state index is -0.546. The number of piperazine rings is 1. The predicted octanol–water partition coefficient (Wildman–Crippen LogP) is 0.475. The number of carbonyl (C=O) groups excluding carboxylic acids is 3. The lowest BCUT2D eigenvalue weighted by Crippen LogP contribution is -2.53. The van der Waals surface area contributed by atoms with Crippen molar-refractivity contribution >= 4 is 17.7 Å². The summed E-state index contributed by atoms with van der Waals surface area (Å²) in [7, 11) is 0. The standard InChI is InChI=1S/C19H28N4O3/c1-3-9-20-18(25)15(2)21-17(24)14-22-10-12-23(13-11-22)19(26)16-7-5-4-6-8-16/h4-8,15H,3,9-14H2,1-2H3,(H,20,25)(H,21,24)/t15-/m0/s1. The Balaban J connectivity index is 1.73. The Morgan fingerprint density at radius 3 is 2.35 bits per heavy atom. The molecule has 1 aliphatic rings. The molecule has 0 aliphatic carbocycles. The van der Waals surface area contributed by atoms with E-state index in [2.05, 4.69) is 10.6 Å². The van der Waals surface area contributed by atoms with Crippen molar-refractivity contribution in [3.05, 3.63) is 35.9 Å². The normalized spacial score (nSPS) is 16.0. The highest BCUT2D eigenvalue weighted by Gasteiger charge is 2.24. The Kier molecular flexibility index (Phi) is 7.59. The SMILES string of the molecule is CCCNC(=O)[C@H](C)NC(=O)CN1CCN(C(=O)c2ccccc2)CC1. The van der Waals surface area contributed by atoms with E-state index in [0.717, 1.165) is 6.42 Å². The predicted molar refractivity (Wildman–Crippen MR) is 99.7 cm³/mol. The smallest absolute Gasteiger partial charge is 0.253 e. The summed E-state index contributed by atoms with van der Waals surface area (Å²) in [5.41, 5.74) is 0.686. The van der Waals surface area contributed by atoms with E-state index in [9.17, 15) is 14.4 Å². The second kappa shape index (κ2) is 9.91. The van der Waals surface area contributed by atoms with Gasteiger partial charge in [-0.3, -0.25) is 19.3 Å². The molecule has 7 nitrogen and oxygen atoms in total. The molecule has 1 fully saturated rings. The van der Waals surface area contributed by atoms with E-state index in [1.165, 1.54) is 0 Å². The Morgan fingerprint density at radius 2 is 1.73 bits per heavy atom. The topological polar surface area (TPSA) is 81.8 Å². The van der Waals surface area contributed by atoms with Gasteiger partial charge in [0.1, 0.15) is 6.04 Å². The first-order valence-corrected chi connectivity index (χ1v) is 9.15. The highest BCUT2D eigenvalue weighted by molar-refractivity contribution is 5.94. The van der Waals surface area contributed by atoms with Crippen LogP contribution in [-0.4, -0.2) is 72.8 Å². The monoisotopic (exact) mass is 360 g/mol. The third-order valence-corrected chi connectivity index (χ3v) is 4.37. The number of hydrogen-bond donors (Lipinski definition) is 2. The number of rotatable bonds is 7.